The molecule has 1 atom stereocenters. The Bertz CT molecular complexity index is 225. The molecular weight excluding hydrogens is 152 g/mol. The van der Waals surface area contributed by atoms with Crippen LogP contribution in [0.1, 0.15) is 13.8 Å². The normalized spacial score (nSPS) is 26.1. The van der Waals surface area contributed by atoms with Crippen LogP contribution in [-0.4, -0.2) is 30.2 Å². The molecule has 0 saturated carbocycles. The van der Waals surface area contributed by atoms with Crippen LogP contribution in [-0.2, 0) is 4.74 Å². The van der Waals surface area contributed by atoms with Crippen molar-refractivity contribution in [2.24, 2.45) is 0 Å². The van der Waals surface area contributed by atoms with E-state index < -0.39 is 0 Å². The largest absolute Gasteiger partial charge is 0.368 e. The molecule has 1 saturated heterocycles. The minimum Gasteiger partial charge on any atom is -0.368 e. The first-order valence-electron chi connectivity index (χ1n) is 3.99. The fraction of sp³-hybridized carbons (Fsp3) is 0.667. The summed E-state index contributed by atoms with van der Waals surface area (Å²) in [4.78, 5) is 1.68. The lowest BCUT2D eigenvalue weighted by atomic mass is 10.2. The summed E-state index contributed by atoms with van der Waals surface area (Å²) in [6.45, 7) is 9.76. The van der Waals surface area contributed by atoms with Gasteiger partial charge < -0.3 is 9.64 Å². The summed E-state index contributed by atoms with van der Waals surface area (Å²) in [6.07, 6.45) is 2.12. The topological polar surface area (TPSA) is 39.6 Å². The summed E-state index contributed by atoms with van der Waals surface area (Å²) in [6, 6.07) is 0. The van der Waals surface area contributed by atoms with E-state index in [0.717, 1.165) is 12.2 Å². The first-order valence-corrected chi connectivity index (χ1v) is 3.99. The number of ether oxygens (including phenoxy) is 1. The highest BCUT2D eigenvalue weighted by Crippen LogP contribution is 2.26. The van der Waals surface area contributed by atoms with Crippen molar-refractivity contribution in [3.63, 3.8) is 0 Å². The van der Waals surface area contributed by atoms with Gasteiger partial charge in [0.25, 0.3) is 0 Å². The molecule has 1 aliphatic rings. The molecule has 0 radical (unpaired) electrons. The van der Waals surface area contributed by atoms with E-state index in [2.05, 4.69) is 12.8 Å². The van der Waals surface area contributed by atoms with E-state index in [9.17, 15) is 0 Å². The highest BCUT2D eigenvalue weighted by atomic mass is 16.6. The summed E-state index contributed by atoms with van der Waals surface area (Å²) >= 11 is 0. The van der Waals surface area contributed by atoms with Gasteiger partial charge in [0.2, 0.25) is 0 Å². The summed E-state index contributed by atoms with van der Waals surface area (Å²) in [5, 5.41) is 8.75. The molecule has 1 unspecified atom stereocenters. The summed E-state index contributed by atoms with van der Waals surface area (Å²) < 4.78 is 5.19. The van der Waals surface area contributed by atoms with Crippen molar-refractivity contribution < 1.29 is 4.74 Å². The van der Waals surface area contributed by atoms with Crippen LogP contribution in [0.3, 0.4) is 0 Å². The number of rotatable bonds is 4. The second-order valence-corrected chi connectivity index (χ2v) is 3.65. The van der Waals surface area contributed by atoms with E-state index in [0.29, 0.717) is 13.1 Å². The van der Waals surface area contributed by atoms with Gasteiger partial charge in [-0.3, -0.25) is 0 Å². The molecule has 3 heteroatoms. The Morgan fingerprint density at radius 3 is 2.75 bits per heavy atom. The van der Waals surface area contributed by atoms with Crippen molar-refractivity contribution in [1.29, 1.82) is 5.26 Å². The van der Waals surface area contributed by atoms with Gasteiger partial charge in [0, 0.05) is 6.54 Å². The summed E-state index contributed by atoms with van der Waals surface area (Å²) in [7, 11) is 0. The fourth-order valence-corrected chi connectivity index (χ4v) is 1.07. The van der Waals surface area contributed by atoms with Crippen LogP contribution in [0.4, 0.5) is 0 Å². The third-order valence-corrected chi connectivity index (χ3v) is 1.76. The Balaban J connectivity index is 2.36. The average Bonchev–Trinajstić information content (AvgIpc) is 2.66. The molecule has 0 spiro atoms. The fourth-order valence-electron chi connectivity index (χ4n) is 1.07. The number of hydrogen-bond donors (Lipinski definition) is 0. The molecule has 1 heterocycles. The smallest absolute Gasteiger partial charge is 0.179 e. The Labute approximate surface area is 73.2 Å². The van der Waals surface area contributed by atoms with Crippen molar-refractivity contribution in [3.8, 4) is 6.19 Å². The minimum atomic E-state index is -0.0782. The first-order chi connectivity index (χ1) is 5.56. The van der Waals surface area contributed by atoms with Gasteiger partial charge in [-0.25, -0.2) is 0 Å². The second kappa shape index (κ2) is 3.16. The third-order valence-electron chi connectivity index (χ3n) is 1.76. The monoisotopic (exact) mass is 166 g/mol. The summed E-state index contributed by atoms with van der Waals surface area (Å²) in [5.41, 5.74) is 0.923. The van der Waals surface area contributed by atoms with Gasteiger partial charge in [-0.05, 0) is 13.8 Å². The van der Waals surface area contributed by atoms with Gasteiger partial charge in [0.05, 0.1) is 13.2 Å². The van der Waals surface area contributed by atoms with Gasteiger partial charge in [-0.2, -0.15) is 5.26 Å². The zero-order valence-electron chi connectivity index (χ0n) is 7.63. The molecule has 0 N–H and O–H groups in total. The highest BCUT2D eigenvalue weighted by Gasteiger charge is 2.40. The zero-order valence-corrected chi connectivity index (χ0v) is 7.63. The van der Waals surface area contributed by atoms with Gasteiger partial charge in [-0.1, -0.05) is 12.2 Å². The summed E-state index contributed by atoms with van der Waals surface area (Å²) in [5.74, 6) is 0. The lowest BCUT2D eigenvalue weighted by Gasteiger charge is -2.17. The van der Waals surface area contributed by atoms with Gasteiger partial charge in [0.1, 0.15) is 5.60 Å². The van der Waals surface area contributed by atoms with Gasteiger partial charge >= 0.3 is 0 Å². The number of nitriles is 1. The standard InChI is InChI=1S/C9H14N2O/c1-8(2)4-11(7-10)5-9(3)6-12-9/h1,4-6H2,2-3H3. The van der Waals surface area contributed by atoms with Gasteiger partial charge in [0.15, 0.2) is 6.19 Å². The van der Waals surface area contributed by atoms with Crippen molar-refractivity contribution in [1.82, 2.24) is 4.90 Å². The Morgan fingerprint density at radius 1 is 1.83 bits per heavy atom. The molecule has 0 aliphatic carbocycles. The third kappa shape index (κ3) is 2.55. The number of hydrogen-bond acceptors (Lipinski definition) is 3. The lowest BCUT2D eigenvalue weighted by Crippen LogP contribution is -2.30. The van der Waals surface area contributed by atoms with Crippen LogP contribution in [0.25, 0.3) is 0 Å². The van der Waals surface area contributed by atoms with Crippen LogP contribution in [0.15, 0.2) is 12.2 Å². The minimum absolute atomic E-state index is 0.0782. The maximum atomic E-state index is 8.75. The van der Waals surface area contributed by atoms with Crippen molar-refractivity contribution >= 4 is 0 Å². The van der Waals surface area contributed by atoms with Crippen molar-refractivity contribution in [2.75, 3.05) is 19.7 Å². The maximum absolute atomic E-state index is 8.75. The van der Waals surface area contributed by atoms with Gasteiger partial charge in [-0.15, -0.1) is 0 Å². The molecule has 0 aromatic carbocycles. The molecule has 12 heavy (non-hydrogen) atoms. The quantitative estimate of drug-likeness (QED) is 0.272. The van der Waals surface area contributed by atoms with Crippen molar-refractivity contribution in [2.45, 2.75) is 19.4 Å². The van der Waals surface area contributed by atoms with E-state index in [4.69, 9.17) is 10.00 Å². The Hall–Kier alpha value is -1.01. The van der Waals surface area contributed by atoms with E-state index >= 15 is 0 Å². The molecule has 1 fully saturated rings. The number of epoxide rings is 1. The molecule has 0 aromatic rings. The lowest BCUT2D eigenvalue weighted by molar-refractivity contribution is 0.258. The number of nitrogens with zero attached hydrogens (tertiary/aromatic N) is 2. The zero-order chi connectivity index (χ0) is 9.19. The molecule has 0 bridgehead atoms. The SMILES string of the molecule is C=C(C)CN(C#N)CC1(C)CO1. The predicted molar refractivity (Wildman–Crippen MR) is 46.4 cm³/mol. The average molecular weight is 166 g/mol. The molecule has 1 rings (SSSR count). The molecule has 0 amide bonds. The second-order valence-electron chi connectivity index (χ2n) is 3.65. The van der Waals surface area contributed by atoms with Crippen LogP contribution in [0.5, 0.6) is 0 Å². The van der Waals surface area contributed by atoms with E-state index in [-0.39, 0.29) is 5.60 Å². The van der Waals surface area contributed by atoms with Crippen LogP contribution >= 0.6 is 0 Å². The first kappa shape index (κ1) is 9.08. The van der Waals surface area contributed by atoms with E-state index in [1.807, 2.05) is 13.8 Å². The molecular formula is C9H14N2O. The molecule has 1 aliphatic heterocycles. The molecule has 66 valence electrons. The maximum Gasteiger partial charge on any atom is 0.179 e. The van der Waals surface area contributed by atoms with E-state index in [1.165, 1.54) is 0 Å². The van der Waals surface area contributed by atoms with Crippen LogP contribution < -0.4 is 0 Å². The Morgan fingerprint density at radius 2 is 2.42 bits per heavy atom. The Kier molecular flexibility index (Phi) is 2.39. The molecule has 3 nitrogen and oxygen atoms in total. The highest BCUT2D eigenvalue weighted by molar-refractivity contribution is 5.00. The van der Waals surface area contributed by atoms with E-state index in [1.54, 1.807) is 4.90 Å². The molecule has 0 aromatic heterocycles. The predicted octanol–water partition coefficient (Wildman–Crippen LogP) is 1.13. The van der Waals surface area contributed by atoms with Crippen LogP contribution in [0.2, 0.25) is 0 Å². The van der Waals surface area contributed by atoms with Crippen molar-refractivity contribution in [3.05, 3.63) is 12.2 Å². The van der Waals surface area contributed by atoms with Crippen LogP contribution in [0, 0.1) is 11.5 Å².